The molecule has 1 fully saturated rings. The lowest BCUT2D eigenvalue weighted by Gasteiger charge is -2.49. The van der Waals surface area contributed by atoms with E-state index in [1.165, 1.54) is 45.8 Å². The predicted octanol–water partition coefficient (Wildman–Crippen LogP) is 1.82. The van der Waals surface area contributed by atoms with Crippen LogP contribution < -0.4 is 5.32 Å². The van der Waals surface area contributed by atoms with Crippen LogP contribution in [0.1, 0.15) is 22.8 Å². The Hall–Kier alpha value is -2.52. The largest absolute Gasteiger partial charge is 0.477 e. The van der Waals surface area contributed by atoms with Crippen molar-refractivity contribution >= 4 is 52.6 Å². The van der Waals surface area contributed by atoms with Gasteiger partial charge in [-0.1, -0.05) is 23.1 Å². The number of β-lactam (4-membered cyclic amide) rings is 1. The molecule has 0 bridgehead atoms. The van der Waals surface area contributed by atoms with Gasteiger partial charge in [0, 0.05) is 17.2 Å². The van der Waals surface area contributed by atoms with Crippen LogP contribution in [0.2, 0.25) is 0 Å². The molecule has 0 aliphatic carbocycles. The molecule has 15 heteroatoms. The highest BCUT2D eigenvalue weighted by atomic mass is 32.2. The number of halogens is 2. The van der Waals surface area contributed by atoms with Crippen molar-refractivity contribution in [2.24, 2.45) is 0 Å². The monoisotopic (exact) mass is 516 g/mol. The summed E-state index contributed by atoms with van der Waals surface area (Å²) in [6.07, 6.45) is -2.75. The van der Waals surface area contributed by atoms with Crippen molar-refractivity contribution in [2.75, 3.05) is 11.5 Å². The molecule has 1 saturated heterocycles. The summed E-state index contributed by atoms with van der Waals surface area (Å²) in [5, 5.41) is 24.2. The third-order valence-electron chi connectivity index (χ3n) is 4.96. The molecule has 10 nitrogen and oxygen atoms in total. The van der Waals surface area contributed by atoms with Crippen molar-refractivity contribution in [2.45, 2.75) is 42.6 Å². The van der Waals surface area contributed by atoms with Gasteiger partial charge >= 0.3 is 5.97 Å². The van der Waals surface area contributed by atoms with Crippen molar-refractivity contribution < 1.29 is 28.3 Å². The van der Waals surface area contributed by atoms with Gasteiger partial charge < -0.3 is 10.4 Å². The molecular weight excluding hydrogens is 498 g/mol. The number of fused-ring (bicyclic) bond motifs is 1. The number of aryl methyl sites for hydroxylation is 2. The molecule has 2 aliphatic rings. The summed E-state index contributed by atoms with van der Waals surface area (Å²) >= 11 is 4.11. The predicted molar refractivity (Wildman–Crippen MR) is 117 cm³/mol. The fraction of sp³-hybridized carbons (Fsp3) is 0.444. The zero-order valence-corrected chi connectivity index (χ0v) is 19.8. The average molecular weight is 517 g/mol. The number of hydrogen-bond donors (Lipinski definition) is 2. The fourth-order valence-corrected chi connectivity index (χ4v) is 6.74. The van der Waals surface area contributed by atoms with Crippen LogP contribution in [0.5, 0.6) is 0 Å². The van der Waals surface area contributed by atoms with Crippen LogP contribution in [0.4, 0.5) is 8.78 Å². The minimum absolute atomic E-state index is 0.0764. The summed E-state index contributed by atoms with van der Waals surface area (Å²) in [5.41, 5.74) is 0.469. The highest BCUT2D eigenvalue weighted by Gasteiger charge is 2.54. The van der Waals surface area contributed by atoms with Gasteiger partial charge in [-0.25, -0.2) is 13.6 Å². The lowest BCUT2D eigenvalue weighted by molar-refractivity contribution is -0.150. The number of aromatic nitrogens is 4. The quantitative estimate of drug-likeness (QED) is 0.398. The molecule has 2 aliphatic heterocycles. The normalized spacial score (nSPS) is 20.2. The third-order valence-corrected chi connectivity index (χ3v) is 8.36. The van der Waals surface area contributed by atoms with E-state index in [2.05, 4.69) is 20.6 Å². The van der Waals surface area contributed by atoms with E-state index in [0.717, 1.165) is 9.69 Å². The van der Waals surface area contributed by atoms with E-state index in [-0.39, 0.29) is 12.2 Å². The lowest BCUT2D eigenvalue weighted by atomic mass is 10.0. The number of carbonyl (C=O) groups is 3. The van der Waals surface area contributed by atoms with E-state index in [9.17, 15) is 28.3 Å². The average Bonchev–Trinajstić information content (AvgIpc) is 3.34. The molecule has 4 rings (SSSR count). The van der Waals surface area contributed by atoms with Crippen molar-refractivity contribution in [3.63, 3.8) is 0 Å². The second-order valence-electron chi connectivity index (χ2n) is 7.26. The van der Waals surface area contributed by atoms with E-state index in [1.54, 1.807) is 6.92 Å². The van der Waals surface area contributed by atoms with Gasteiger partial charge in [-0.2, -0.15) is 5.10 Å². The Morgan fingerprint density at radius 1 is 1.36 bits per heavy atom. The zero-order chi connectivity index (χ0) is 23.9. The highest BCUT2D eigenvalue weighted by Crippen LogP contribution is 2.41. The van der Waals surface area contributed by atoms with Crippen LogP contribution in [-0.4, -0.2) is 70.7 Å². The first-order valence-electron chi connectivity index (χ1n) is 9.60. The number of carboxylic acid groups (broad SMARTS) is 1. The Kier molecular flexibility index (Phi) is 6.72. The Bertz CT molecular complexity index is 1150. The van der Waals surface area contributed by atoms with Crippen molar-refractivity contribution in [3.05, 3.63) is 33.7 Å². The van der Waals surface area contributed by atoms with Crippen LogP contribution in [0.3, 0.4) is 0 Å². The minimum Gasteiger partial charge on any atom is -0.477 e. The van der Waals surface area contributed by atoms with Gasteiger partial charge in [0.15, 0.2) is 4.34 Å². The van der Waals surface area contributed by atoms with Gasteiger partial charge in [-0.05, 0) is 25.5 Å². The van der Waals surface area contributed by atoms with E-state index in [1.807, 2.05) is 6.92 Å². The molecule has 0 aromatic carbocycles. The van der Waals surface area contributed by atoms with Crippen molar-refractivity contribution in [1.82, 2.24) is 30.2 Å². The third kappa shape index (κ3) is 4.75. The Morgan fingerprint density at radius 2 is 2.12 bits per heavy atom. The van der Waals surface area contributed by atoms with Crippen molar-refractivity contribution in [3.8, 4) is 0 Å². The fourth-order valence-electron chi connectivity index (χ4n) is 3.44. The lowest BCUT2D eigenvalue weighted by Crippen LogP contribution is -2.70. The number of thioether (sulfide) groups is 2. The van der Waals surface area contributed by atoms with Gasteiger partial charge in [0.1, 0.15) is 34.4 Å². The molecule has 0 spiro atoms. The number of nitrogens with one attached hydrogen (secondary N) is 1. The summed E-state index contributed by atoms with van der Waals surface area (Å²) in [7, 11) is 0. The number of alkyl halides is 2. The first-order valence-corrected chi connectivity index (χ1v) is 12.5. The molecule has 33 heavy (non-hydrogen) atoms. The van der Waals surface area contributed by atoms with Crippen LogP contribution in [0.25, 0.3) is 0 Å². The van der Waals surface area contributed by atoms with E-state index in [0.29, 0.717) is 27.1 Å². The molecule has 2 N–H and O–H groups in total. The van der Waals surface area contributed by atoms with E-state index in [4.69, 9.17) is 0 Å². The summed E-state index contributed by atoms with van der Waals surface area (Å²) in [6.45, 7) is 3.04. The van der Waals surface area contributed by atoms with E-state index < -0.39 is 41.3 Å². The maximum atomic E-state index is 12.8. The topological polar surface area (TPSA) is 130 Å². The Balaban J connectivity index is 1.42. The first kappa shape index (κ1) is 23.6. The van der Waals surface area contributed by atoms with Gasteiger partial charge in [0.25, 0.3) is 12.3 Å². The molecule has 2 aromatic rings. The van der Waals surface area contributed by atoms with Crippen LogP contribution in [0.15, 0.2) is 21.7 Å². The van der Waals surface area contributed by atoms with Gasteiger partial charge in [-0.15, -0.1) is 22.0 Å². The summed E-state index contributed by atoms with van der Waals surface area (Å²) < 4.78 is 27.5. The van der Waals surface area contributed by atoms with E-state index >= 15 is 0 Å². The smallest absolute Gasteiger partial charge is 0.352 e. The van der Waals surface area contributed by atoms with Crippen LogP contribution in [-0.2, 0) is 20.9 Å². The van der Waals surface area contributed by atoms with Gasteiger partial charge in [0.05, 0.1) is 0 Å². The minimum atomic E-state index is -2.75. The number of amides is 2. The highest BCUT2D eigenvalue weighted by molar-refractivity contribution is 8.01. The van der Waals surface area contributed by atoms with Gasteiger partial charge in [-0.3, -0.25) is 19.2 Å². The second-order valence-corrected chi connectivity index (χ2v) is 10.8. The maximum Gasteiger partial charge on any atom is 0.352 e. The molecule has 176 valence electrons. The van der Waals surface area contributed by atoms with Gasteiger partial charge in [0.2, 0.25) is 5.91 Å². The SMILES string of the molecule is Cc1nnc(SCC2=C(C(=O)O)N3C(=O)[C@H](NC(=O)Cn4nc(C(F)F)cc4C)[C@H]3SC2)s1. The maximum absolute atomic E-state index is 12.8. The molecule has 0 radical (unpaired) electrons. The molecule has 2 atom stereocenters. The molecule has 0 saturated carbocycles. The summed E-state index contributed by atoms with van der Waals surface area (Å²) in [6, 6.07) is 0.292. The Morgan fingerprint density at radius 3 is 2.73 bits per heavy atom. The number of rotatable bonds is 8. The molecule has 4 heterocycles. The second kappa shape index (κ2) is 9.38. The van der Waals surface area contributed by atoms with Crippen LogP contribution >= 0.6 is 34.9 Å². The molecule has 2 amide bonds. The molecular formula is C18H18F2N6O4S3. The summed E-state index contributed by atoms with van der Waals surface area (Å²) in [5.74, 6) is -1.59. The molecule has 0 unspecified atom stereocenters. The number of nitrogens with zero attached hydrogens (tertiary/aromatic N) is 5. The number of carboxylic acids is 1. The Labute approximate surface area is 198 Å². The standard InChI is InChI=1S/C18H18F2N6O4S3/c1-7-3-10(14(19)20)24-25(7)4-11(27)21-12-15(28)26-13(17(29)30)9(5-31-16(12)26)6-32-18-23-22-8(2)33-18/h3,12,14,16H,4-6H2,1-2H3,(H,21,27)(H,29,30)/t12-,16+/m0/s1. The van der Waals surface area contributed by atoms with Crippen molar-refractivity contribution in [1.29, 1.82) is 0 Å². The number of aliphatic carboxylic acids is 1. The molecule has 2 aromatic heterocycles. The number of carbonyl (C=O) groups excluding carboxylic acids is 2. The number of hydrogen-bond acceptors (Lipinski definition) is 9. The summed E-state index contributed by atoms with van der Waals surface area (Å²) in [4.78, 5) is 38.3. The first-order chi connectivity index (χ1) is 15.7. The zero-order valence-electron chi connectivity index (χ0n) is 17.3. The van der Waals surface area contributed by atoms with Crippen LogP contribution in [0, 0.1) is 13.8 Å².